The molecular formula is C12H16N2O. The van der Waals surface area contributed by atoms with Gasteiger partial charge in [-0.25, -0.2) is 0 Å². The van der Waals surface area contributed by atoms with Crippen molar-refractivity contribution < 1.29 is 4.79 Å². The molecule has 3 nitrogen and oxygen atoms in total. The zero-order valence-corrected chi connectivity index (χ0v) is 8.78. The molecule has 1 aromatic rings. The Bertz CT molecular complexity index is 324. The van der Waals surface area contributed by atoms with Crippen LogP contribution in [0.1, 0.15) is 24.8 Å². The first kappa shape index (κ1) is 10.1. The first-order chi connectivity index (χ1) is 7.36. The van der Waals surface area contributed by atoms with Crippen LogP contribution in [0.15, 0.2) is 24.5 Å². The molecular weight excluding hydrogens is 188 g/mol. The van der Waals surface area contributed by atoms with Crippen molar-refractivity contribution in [3.05, 3.63) is 30.1 Å². The van der Waals surface area contributed by atoms with Crippen molar-refractivity contribution in [2.75, 3.05) is 6.54 Å². The van der Waals surface area contributed by atoms with Crippen LogP contribution in [-0.4, -0.2) is 17.4 Å². The number of aromatic nitrogens is 1. The van der Waals surface area contributed by atoms with E-state index in [1.165, 1.54) is 5.56 Å². The van der Waals surface area contributed by atoms with Gasteiger partial charge in [0, 0.05) is 24.9 Å². The van der Waals surface area contributed by atoms with Gasteiger partial charge in [-0.2, -0.15) is 0 Å². The summed E-state index contributed by atoms with van der Waals surface area (Å²) in [6.07, 6.45) is 7.69. The standard InChI is InChI=1S/C12H16N2O/c15-12-11(2-1-7-14-12)4-3-10-5-8-13-9-6-10/h5-6,8-9,11H,1-4,7H2,(H,14,15)/t11-/m0/s1. The molecule has 0 radical (unpaired) electrons. The number of pyridine rings is 1. The first-order valence-corrected chi connectivity index (χ1v) is 5.53. The molecule has 1 N–H and O–H groups in total. The predicted octanol–water partition coefficient (Wildman–Crippen LogP) is 1.54. The second-order valence-corrected chi connectivity index (χ2v) is 4.02. The maximum atomic E-state index is 11.5. The van der Waals surface area contributed by atoms with Gasteiger partial charge < -0.3 is 5.32 Å². The third-order valence-corrected chi connectivity index (χ3v) is 2.93. The van der Waals surface area contributed by atoms with E-state index >= 15 is 0 Å². The Hall–Kier alpha value is -1.38. The average Bonchev–Trinajstić information content (AvgIpc) is 2.29. The predicted molar refractivity (Wildman–Crippen MR) is 58.3 cm³/mol. The van der Waals surface area contributed by atoms with Crippen molar-refractivity contribution >= 4 is 5.91 Å². The Morgan fingerprint density at radius 2 is 2.20 bits per heavy atom. The minimum Gasteiger partial charge on any atom is -0.356 e. The lowest BCUT2D eigenvalue weighted by Gasteiger charge is -2.21. The molecule has 0 bridgehead atoms. The van der Waals surface area contributed by atoms with E-state index < -0.39 is 0 Å². The summed E-state index contributed by atoms with van der Waals surface area (Å²) < 4.78 is 0. The van der Waals surface area contributed by atoms with Crippen LogP contribution in [0.2, 0.25) is 0 Å². The maximum Gasteiger partial charge on any atom is 0.223 e. The van der Waals surface area contributed by atoms with Crippen LogP contribution in [0.25, 0.3) is 0 Å². The van der Waals surface area contributed by atoms with Crippen LogP contribution >= 0.6 is 0 Å². The fourth-order valence-electron chi connectivity index (χ4n) is 2.00. The van der Waals surface area contributed by atoms with Crippen molar-refractivity contribution in [2.24, 2.45) is 5.92 Å². The van der Waals surface area contributed by atoms with Crippen molar-refractivity contribution in [2.45, 2.75) is 25.7 Å². The largest absolute Gasteiger partial charge is 0.356 e. The third-order valence-electron chi connectivity index (χ3n) is 2.93. The molecule has 0 saturated carbocycles. The summed E-state index contributed by atoms with van der Waals surface area (Å²) in [5, 5.41) is 2.92. The van der Waals surface area contributed by atoms with Crippen LogP contribution in [0.3, 0.4) is 0 Å². The van der Waals surface area contributed by atoms with Crippen molar-refractivity contribution in [1.82, 2.24) is 10.3 Å². The highest BCUT2D eigenvalue weighted by Gasteiger charge is 2.21. The van der Waals surface area contributed by atoms with Gasteiger partial charge in [0.25, 0.3) is 0 Å². The van der Waals surface area contributed by atoms with Crippen LogP contribution < -0.4 is 5.32 Å². The van der Waals surface area contributed by atoms with E-state index in [0.29, 0.717) is 0 Å². The minimum atomic E-state index is 0.215. The van der Waals surface area contributed by atoms with Crippen LogP contribution in [0.4, 0.5) is 0 Å². The molecule has 0 spiro atoms. The molecule has 1 fully saturated rings. The van der Waals surface area contributed by atoms with E-state index in [-0.39, 0.29) is 11.8 Å². The average molecular weight is 204 g/mol. The van der Waals surface area contributed by atoms with Gasteiger partial charge in [-0.3, -0.25) is 9.78 Å². The molecule has 1 atom stereocenters. The third kappa shape index (κ3) is 2.78. The molecule has 0 unspecified atom stereocenters. The van der Waals surface area contributed by atoms with Crippen molar-refractivity contribution in [1.29, 1.82) is 0 Å². The molecule has 1 aliphatic heterocycles. The molecule has 80 valence electrons. The summed E-state index contributed by atoms with van der Waals surface area (Å²) in [7, 11) is 0. The highest BCUT2D eigenvalue weighted by molar-refractivity contribution is 5.79. The van der Waals surface area contributed by atoms with Crippen LogP contribution in [-0.2, 0) is 11.2 Å². The number of amides is 1. The van der Waals surface area contributed by atoms with Gasteiger partial charge in [-0.15, -0.1) is 0 Å². The first-order valence-electron chi connectivity index (χ1n) is 5.53. The topological polar surface area (TPSA) is 42.0 Å². The Labute approximate surface area is 89.9 Å². The summed E-state index contributed by atoms with van der Waals surface area (Å²) in [4.78, 5) is 15.5. The Morgan fingerprint density at radius 1 is 1.40 bits per heavy atom. The SMILES string of the molecule is O=C1NCCC[C@H]1CCc1ccncc1. The van der Waals surface area contributed by atoms with E-state index in [1.807, 2.05) is 12.1 Å². The minimum absolute atomic E-state index is 0.215. The smallest absolute Gasteiger partial charge is 0.223 e. The Balaban J connectivity index is 1.85. The fraction of sp³-hybridized carbons (Fsp3) is 0.500. The van der Waals surface area contributed by atoms with Crippen LogP contribution in [0.5, 0.6) is 0 Å². The second-order valence-electron chi connectivity index (χ2n) is 4.02. The number of carbonyl (C=O) groups is 1. The number of nitrogens with one attached hydrogen (secondary N) is 1. The number of aryl methyl sites for hydroxylation is 1. The van der Waals surface area contributed by atoms with Gasteiger partial charge in [-0.05, 0) is 43.4 Å². The lowest BCUT2D eigenvalue weighted by Crippen LogP contribution is -2.36. The molecule has 0 aromatic carbocycles. The Kier molecular flexibility index (Phi) is 3.33. The van der Waals surface area contributed by atoms with Gasteiger partial charge in [0.1, 0.15) is 0 Å². The lowest BCUT2D eigenvalue weighted by atomic mass is 9.92. The lowest BCUT2D eigenvalue weighted by molar-refractivity contribution is -0.126. The molecule has 1 amide bonds. The van der Waals surface area contributed by atoms with E-state index in [0.717, 1.165) is 32.2 Å². The molecule has 2 heterocycles. The van der Waals surface area contributed by atoms with Gasteiger partial charge in [-0.1, -0.05) is 0 Å². The second kappa shape index (κ2) is 4.91. The van der Waals surface area contributed by atoms with E-state index in [9.17, 15) is 4.79 Å². The highest BCUT2D eigenvalue weighted by atomic mass is 16.1. The summed E-state index contributed by atoms with van der Waals surface area (Å²) in [5.41, 5.74) is 1.27. The van der Waals surface area contributed by atoms with E-state index in [4.69, 9.17) is 0 Å². The molecule has 1 aliphatic rings. The van der Waals surface area contributed by atoms with Crippen molar-refractivity contribution in [3.8, 4) is 0 Å². The van der Waals surface area contributed by atoms with Gasteiger partial charge in [0.2, 0.25) is 5.91 Å². The van der Waals surface area contributed by atoms with Gasteiger partial charge in [0.05, 0.1) is 0 Å². The summed E-state index contributed by atoms with van der Waals surface area (Å²) in [6.45, 7) is 0.852. The molecule has 1 saturated heterocycles. The number of carbonyl (C=O) groups excluding carboxylic acids is 1. The number of hydrogen-bond donors (Lipinski definition) is 1. The van der Waals surface area contributed by atoms with Crippen molar-refractivity contribution in [3.63, 3.8) is 0 Å². The summed E-state index contributed by atoms with van der Waals surface area (Å²) >= 11 is 0. The normalized spacial score (nSPS) is 21.1. The fourth-order valence-corrected chi connectivity index (χ4v) is 2.00. The summed E-state index contributed by atoms with van der Waals surface area (Å²) in [6, 6.07) is 4.03. The molecule has 2 rings (SSSR count). The zero-order chi connectivity index (χ0) is 10.5. The number of rotatable bonds is 3. The molecule has 1 aromatic heterocycles. The number of nitrogens with zero attached hydrogens (tertiary/aromatic N) is 1. The Morgan fingerprint density at radius 3 is 2.93 bits per heavy atom. The zero-order valence-electron chi connectivity index (χ0n) is 8.78. The molecule has 15 heavy (non-hydrogen) atoms. The maximum absolute atomic E-state index is 11.5. The number of piperidine rings is 1. The molecule has 3 heteroatoms. The number of hydrogen-bond acceptors (Lipinski definition) is 2. The van der Waals surface area contributed by atoms with E-state index in [2.05, 4.69) is 10.3 Å². The van der Waals surface area contributed by atoms with Gasteiger partial charge >= 0.3 is 0 Å². The van der Waals surface area contributed by atoms with Gasteiger partial charge in [0.15, 0.2) is 0 Å². The molecule has 0 aliphatic carbocycles. The quantitative estimate of drug-likeness (QED) is 0.811. The highest BCUT2D eigenvalue weighted by Crippen LogP contribution is 2.17. The summed E-state index contributed by atoms with van der Waals surface area (Å²) in [5.74, 6) is 0.447. The monoisotopic (exact) mass is 204 g/mol. The van der Waals surface area contributed by atoms with Crippen LogP contribution in [0, 0.1) is 5.92 Å². The van der Waals surface area contributed by atoms with E-state index in [1.54, 1.807) is 12.4 Å².